The molecule has 1 fully saturated rings. The lowest BCUT2D eigenvalue weighted by molar-refractivity contribution is 0.102. The molecule has 0 spiro atoms. The van der Waals surface area contributed by atoms with Crippen LogP contribution < -0.4 is 10.1 Å². The average molecular weight is 395 g/mol. The molecule has 1 atom stereocenters. The summed E-state index contributed by atoms with van der Waals surface area (Å²) in [6.45, 7) is 3.39. The summed E-state index contributed by atoms with van der Waals surface area (Å²) in [7, 11) is 1.60. The van der Waals surface area contributed by atoms with Crippen molar-refractivity contribution in [2.75, 3.05) is 32.1 Å². The molecule has 1 amide bonds. The van der Waals surface area contributed by atoms with Crippen LogP contribution in [0.15, 0.2) is 48.7 Å². The van der Waals surface area contributed by atoms with E-state index in [1.165, 1.54) is 25.8 Å². The number of allylic oxidation sites excluding steroid dienone is 2. The fraction of sp³-hybridized carbons (Fsp3) is 0.478. The van der Waals surface area contributed by atoms with Gasteiger partial charge in [0.1, 0.15) is 11.6 Å². The number of methoxy groups -OCH3 is 1. The van der Waals surface area contributed by atoms with E-state index in [1.807, 2.05) is 22.9 Å². The van der Waals surface area contributed by atoms with E-state index in [0.29, 0.717) is 17.4 Å². The first-order chi connectivity index (χ1) is 14.2. The van der Waals surface area contributed by atoms with E-state index in [1.54, 1.807) is 25.4 Å². The first kappa shape index (κ1) is 19.7. The number of anilines is 1. The summed E-state index contributed by atoms with van der Waals surface area (Å²) in [6, 6.07) is 9.39. The number of rotatable bonds is 6. The molecular weight excluding hydrogens is 364 g/mol. The Morgan fingerprint density at radius 3 is 2.83 bits per heavy atom. The van der Waals surface area contributed by atoms with Crippen molar-refractivity contribution in [1.29, 1.82) is 0 Å². The number of hydrogen-bond acceptors (Lipinski definition) is 4. The predicted octanol–water partition coefficient (Wildman–Crippen LogP) is 4.14. The molecule has 6 nitrogen and oxygen atoms in total. The third-order valence-electron chi connectivity index (χ3n) is 6.04. The Kier molecular flexibility index (Phi) is 6.30. The number of benzene rings is 1. The van der Waals surface area contributed by atoms with Gasteiger partial charge >= 0.3 is 0 Å². The minimum Gasteiger partial charge on any atom is -0.497 e. The predicted molar refractivity (Wildman–Crippen MR) is 114 cm³/mol. The lowest BCUT2D eigenvalue weighted by Gasteiger charge is -2.35. The quantitative estimate of drug-likeness (QED) is 0.748. The van der Waals surface area contributed by atoms with Crippen LogP contribution in [0, 0.1) is 5.92 Å². The van der Waals surface area contributed by atoms with E-state index in [2.05, 4.69) is 27.5 Å². The van der Waals surface area contributed by atoms with Crippen LogP contribution in [-0.2, 0) is 0 Å². The van der Waals surface area contributed by atoms with Gasteiger partial charge in [0.25, 0.3) is 5.91 Å². The number of likely N-dealkylation sites (tertiary alicyclic amines) is 1. The second-order valence-electron chi connectivity index (χ2n) is 8.03. The van der Waals surface area contributed by atoms with Crippen molar-refractivity contribution in [2.45, 2.75) is 38.1 Å². The Bertz CT molecular complexity index is 852. The van der Waals surface area contributed by atoms with Gasteiger partial charge in [0.05, 0.1) is 19.3 Å². The van der Waals surface area contributed by atoms with E-state index in [4.69, 9.17) is 4.74 Å². The summed E-state index contributed by atoms with van der Waals surface area (Å²) < 4.78 is 7.20. The van der Waals surface area contributed by atoms with Crippen LogP contribution in [0.25, 0.3) is 0 Å². The van der Waals surface area contributed by atoms with Crippen molar-refractivity contribution in [3.8, 4) is 5.75 Å². The van der Waals surface area contributed by atoms with Crippen molar-refractivity contribution in [2.24, 2.45) is 5.92 Å². The monoisotopic (exact) mass is 394 g/mol. The zero-order valence-electron chi connectivity index (χ0n) is 17.1. The number of nitrogens with zero attached hydrogens (tertiary/aromatic N) is 3. The molecule has 154 valence electrons. The molecule has 1 aromatic carbocycles. The normalized spacial score (nSPS) is 20.5. The Morgan fingerprint density at radius 2 is 2.07 bits per heavy atom. The molecule has 1 saturated heterocycles. The Balaban J connectivity index is 1.34. The van der Waals surface area contributed by atoms with Crippen molar-refractivity contribution in [3.05, 3.63) is 54.2 Å². The minimum absolute atomic E-state index is 0.145. The van der Waals surface area contributed by atoms with Crippen LogP contribution in [-0.4, -0.2) is 47.3 Å². The SMILES string of the molecule is COc1cccc(C(=O)Nc2ccnn2C2CCN(CC3CC=CCC3)CC2)c1. The zero-order chi connectivity index (χ0) is 20.1. The highest BCUT2D eigenvalue weighted by Crippen LogP contribution is 2.28. The molecule has 1 aromatic heterocycles. The highest BCUT2D eigenvalue weighted by atomic mass is 16.5. The topological polar surface area (TPSA) is 59.4 Å². The van der Waals surface area contributed by atoms with Gasteiger partial charge in [-0.2, -0.15) is 5.10 Å². The third-order valence-corrected chi connectivity index (χ3v) is 6.04. The van der Waals surface area contributed by atoms with E-state index >= 15 is 0 Å². The van der Waals surface area contributed by atoms with E-state index in [0.717, 1.165) is 37.7 Å². The average Bonchev–Trinajstić information content (AvgIpc) is 3.23. The molecule has 2 aliphatic rings. The second-order valence-corrected chi connectivity index (χ2v) is 8.03. The molecule has 4 rings (SSSR count). The molecule has 2 aromatic rings. The number of carbonyl (C=O) groups is 1. The molecule has 0 saturated carbocycles. The summed E-state index contributed by atoms with van der Waals surface area (Å²) in [5.74, 6) is 2.09. The first-order valence-corrected chi connectivity index (χ1v) is 10.6. The van der Waals surface area contributed by atoms with Gasteiger partial charge in [-0.3, -0.25) is 4.79 Å². The summed E-state index contributed by atoms with van der Waals surface area (Å²) >= 11 is 0. The fourth-order valence-corrected chi connectivity index (χ4v) is 4.39. The maximum atomic E-state index is 12.7. The van der Waals surface area contributed by atoms with E-state index < -0.39 is 0 Å². The molecule has 29 heavy (non-hydrogen) atoms. The smallest absolute Gasteiger partial charge is 0.256 e. The number of piperidine rings is 1. The number of amides is 1. The van der Waals surface area contributed by atoms with Crippen LogP contribution in [0.1, 0.15) is 48.5 Å². The summed E-state index contributed by atoms with van der Waals surface area (Å²) in [4.78, 5) is 15.3. The standard InChI is InChI=1S/C23H30N4O2/c1-29-21-9-5-8-19(16-21)23(28)25-22-10-13-24-27(22)20-11-14-26(15-12-20)17-18-6-3-2-4-7-18/h2-3,5,8-10,13,16,18,20H,4,6-7,11-12,14-15,17H2,1H3,(H,25,28). The molecular formula is C23H30N4O2. The summed E-state index contributed by atoms with van der Waals surface area (Å²) in [5.41, 5.74) is 0.577. The maximum absolute atomic E-state index is 12.7. The maximum Gasteiger partial charge on any atom is 0.256 e. The van der Waals surface area contributed by atoms with Gasteiger partial charge in [0, 0.05) is 31.3 Å². The first-order valence-electron chi connectivity index (χ1n) is 10.6. The molecule has 1 aliphatic carbocycles. The van der Waals surface area contributed by atoms with Crippen molar-refractivity contribution in [1.82, 2.24) is 14.7 Å². The van der Waals surface area contributed by atoms with Crippen molar-refractivity contribution >= 4 is 11.7 Å². The van der Waals surface area contributed by atoms with Crippen LogP contribution in [0.5, 0.6) is 5.75 Å². The Labute approximate surface area is 172 Å². The van der Waals surface area contributed by atoms with Crippen LogP contribution in [0.4, 0.5) is 5.82 Å². The second kappa shape index (κ2) is 9.27. The van der Waals surface area contributed by atoms with Gasteiger partial charge in [-0.25, -0.2) is 4.68 Å². The molecule has 1 N–H and O–H groups in total. The summed E-state index contributed by atoms with van der Waals surface area (Å²) in [6.07, 6.45) is 12.3. The molecule has 6 heteroatoms. The lowest BCUT2D eigenvalue weighted by atomic mass is 9.93. The Hall–Kier alpha value is -2.60. The molecule has 2 heterocycles. The number of carbonyl (C=O) groups excluding carboxylic acids is 1. The largest absolute Gasteiger partial charge is 0.497 e. The number of ether oxygens (including phenoxy) is 1. The van der Waals surface area contributed by atoms with E-state index in [-0.39, 0.29) is 5.91 Å². The highest BCUT2D eigenvalue weighted by Gasteiger charge is 2.25. The summed E-state index contributed by atoms with van der Waals surface area (Å²) in [5, 5.41) is 7.53. The molecule has 0 radical (unpaired) electrons. The molecule has 1 aliphatic heterocycles. The van der Waals surface area contributed by atoms with Gasteiger partial charge in [-0.05, 0) is 56.2 Å². The van der Waals surface area contributed by atoms with Crippen LogP contribution in [0.2, 0.25) is 0 Å². The number of aromatic nitrogens is 2. The number of hydrogen-bond donors (Lipinski definition) is 1. The minimum atomic E-state index is -0.145. The van der Waals surface area contributed by atoms with Crippen molar-refractivity contribution < 1.29 is 9.53 Å². The molecule has 1 unspecified atom stereocenters. The Morgan fingerprint density at radius 1 is 1.21 bits per heavy atom. The van der Waals surface area contributed by atoms with Gasteiger partial charge in [0.15, 0.2) is 0 Å². The highest BCUT2D eigenvalue weighted by molar-refractivity contribution is 6.04. The van der Waals surface area contributed by atoms with E-state index in [9.17, 15) is 4.79 Å². The van der Waals surface area contributed by atoms with Gasteiger partial charge in [0.2, 0.25) is 0 Å². The van der Waals surface area contributed by atoms with Gasteiger partial charge in [-0.15, -0.1) is 0 Å². The van der Waals surface area contributed by atoms with Gasteiger partial charge < -0.3 is 15.0 Å². The molecule has 0 bridgehead atoms. The number of nitrogens with one attached hydrogen (secondary N) is 1. The lowest BCUT2D eigenvalue weighted by Crippen LogP contribution is -2.38. The fourth-order valence-electron chi connectivity index (χ4n) is 4.39. The third kappa shape index (κ3) is 4.88. The van der Waals surface area contributed by atoms with Crippen LogP contribution >= 0.6 is 0 Å². The van der Waals surface area contributed by atoms with Crippen LogP contribution in [0.3, 0.4) is 0 Å². The zero-order valence-corrected chi connectivity index (χ0v) is 17.1. The van der Waals surface area contributed by atoms with Gasteiger partial charge in [-0.1, -0.05) is 18.2 Å². The van der Waals surface area contributed by atoms with Crippen molar-refractivity contribution in [3.63, 3.8) is 0 Å².